The number of nitrogens with one attached hydrogen (secondary N) is 2. The first-order valence-corrected chi connectivity index (χ1v) is 9.41. The molecule has 1 aromatic rings. The topological polar surface area (TPSA) is 59.6 Å². The largest absolute Gasteiger partial charge is 0.379 e. The van der Waals surface area contributed by atoms with Gasteiger partial charge in [0.05, 0.1) is 12.7 Å². The average molecular weight is 399 g/mol. The number of carbonyl (C=O) groups excluding carboxylic acids is 1. The molecule has 2 unspecified atom stereocenters. The van der Waals surface area contributed by atoms with Crippen molar-refractivity contribution in [3.8, 4) is 0 Å². The maximum absolute atomic E-state index is 12.0. The van der Waals surface area contributed by atoms with Crippen LogP contribution in [0.3, 0.4) is 0 Å². The second-order valence-corrected chi connectivity index (χ2v) is 7.09. The first kappa shape index (κ1) is 19.4. The van der Waals surface area contributed by atoms with Crippen molar-refractivity contribution < 1.29 is 14.3 Å². The number of amides is 1. The van der Waals surface area contributed by atoms with Gasteiger partial charge in [-0.3, -0.25) is 4.79 Å². The number of carbonyl (C=O) groups is 1. The lowest BCUT2D eigenvalue weighted by Gasteiger charge is -2.14. The summed E-state index contributed by atoms with van der Waals surface area (Å²) >= 11 is 3.38. The molecule has 1 saturated heterocycles. The predicted molar refractivity (Wildman–Crippen MR) is 99.3 cm³/mol. The first-order chi connectivity index (χ1) is 11.6. The molecule has 6 heteroatoms. The molecule has 5 nitrogen and oxygen atoms in total. The highest BCUT2D eigenvalue weighted by atomic mass is 79.9. The van der Waals surface area contributed by atoms with Crippen LogP contribution in [0.2, 0.25) is 0 Å². The fourth-order valence-electron chi connectivity index (χ4n) is 2.61. The lowest BCUT2D eigenvalue weighted by molar-refractivity contribution is -0.116. The van der Waals surface area contributed by atoms with E-state index in [2.05, 4.69) is 26.6 Å². The number of hydrogen-bond donors (Lipinski definition) is 2. The Morgan fingerprint density at radius 1 is 1.42 bits per heavy atom. The third-order valence-corrected chi connectivity index (χ3v) is 4.43. The summed E-state index contributed by atoms with van der Waals surface area (Å²) in [7, 11) is 0. The van der Waals surface area contributed by atoms with Crippen LogP contribution in [-0.4, -0.2) is 44.4 Å². The third kappa shape index (κ3) is 7.75. The van der Waals surface area contributed by atoms with E-state index in [1.54, 1.807) is 0 Å². The Balaban J connectivity index is 1.50. The van der Waals surface area contributed by atoms with Gasteiger partial charge in [-0.15, -0.1) is 0 Å². The number of benzene rings is 1. The molecule has 1 heterocycles. The van der Waals surface area contributed by atoms with Gasteiger partial charge in [-0.25, -0.2) is 0 Å². The van der Waals surface area contributed by atoms with E-state index in [-0.39, 0.29) is 11.9 Å². The van der Waals surface area contributed by atoms with Crippen LogP contribution in [0.1, 0.15) is 32.6 Å². The van der Waals surface area contributed by atoms with E-state index in [1.165, 1.54) is 0 Å². The molecule has 1 aromatic carbocycles. The van der Waals surface area contributed by atoms with Crippen molar-refractivity contribution >= 4 is 27.5 Å². The highest BCUT2D eigenvalue weighted by Crippen LogP contribution is 2.14. The lowest BCUT2D eigenvalue weighted by atomic mass is 10.2. The minimum Gasteiger partial charge on any atom is -0.379 e. The molecule has 0 aromatic heterocycles. The van der Waals surface area contributed by atoms with E-state index in [1.807, 2.05) is 31.2 Å². The lowest BCUT2D eigenvalue weighted by Crippen LogP contribution is -2.32. The summed E-state index contributed by atoms with van der Waals surface area (Å²) in [6.07, 6.45) is 3.94. The molecule has 24 heavy (non-hydrogen) atoms. The Morgan fingerprint density at radius 2 is 2.21 bits per heavy atom. The van der Waals surface area contributed by atoms with Gasteiger partial charge < -0.3 is 20.1 Å². The molecule has 1 aliphatic heterocycles. The smallest absolute Gasteiger partial charge is 0.225 e. The van der Waals surface area contributed by atoms with Crippen LogP contribution in [0.4, 0.5) is 5.69 Å². The Labute approximate surface area is 152 Å². The maximum Gasteiger partial charge on any atom is 0.225 e. The van der Waals surface area contributed by atoms with Crippen molar-refractivity contribution in [1.82, 2.24) is 5.32 Å². The van der Waals surface area contributed by atoms with Crippen molar-refractivity contribution in [3.05, 3.63) is 28.7 Å². The normalized spacial score (nSPS) is 18.5. The highest BCUT2D eigenvalue weighted by Gasteiger charge is 2.15. The molecule has 2 N–H and O–H groups in total. The van der Waals surface area contributed by atoms with Crippen LogP contribution in [0.15, 0.2) is 28.7 Å². The Morgan fingerprint density at radius 3 is 2.92 bits per heavy atom. The van der Waals surface area contributed by atoms with Gasteiger partial charge in [0.2, 0.25) is 5.91 Å². The van der Waals surface area contributed by atoms with Crippen molar-refractivity contribution in [1.29, 1.82) is 0 Å². The zero-order valence-corrected chi connectivity index (χ0v) is 15.8. The summed E-state index contributed by atoms with van der Waals surface area (Å²) in [6.45, 7) is 5.16. The van der Waals surface area contributed by atoms with Crippen molar-refractivity contribution in [2.75, 3.05) is 31.7 Å². The van der Waals surface area contributed by atoms with Gasteiger partial charge in [-0.05, 0) is 57.0 Å². The summed E-state index contributed by atoms with van der Waals surface area (Å²) in [4.78, 5) is 12.0. The van der Waals surface area contributed by atoms with E-state index in [0.717, 1.165) is 49.2 Å². The molecule has 0 spiro atoms. The second-order valence-electron chi connectivity index (χ2n) is 6.18. The number of rotatable bonds is 10. The zero-order chi connectivity index (χ0) is 17.2. The molecule has 2 atom stereocenters. The quantitative estimate of drug-likeness (QED) is 0.593. The van der Waals surface area contributed by atoms with E-state index in [0.29, 0.717) is 19.1 Å². The van der Waals surface area contributed by atoms with E-state index < -0.39 is 0 Å². The fraction of sp³-hybridized carbons (Fsp3) is 0.611. The molecular formula is C18H27BrN2O3. The van der Waals surface area contributed by atoms with Gasteiger partial charge in [0.1, 0.15) is 0 Å². The molecule has 1 aliphatic rings. The molecule has 0 bridgehead atoms. The minimum atomic E-state index is 0.0203. The number of ether oxygens (including phenoxy) is 2. The van der Waals surface area contributed by atoms with Crippen molar-refractivity contribution in [3.63, 3.8) is 0 Å². The third-order valence-electron chi connectivity index (χ3n) is 3.91. The summed E-state index contributed by atoms with van der Waals surface area (Å²) in [5.74, 6) is 0.0203. The van der Waals surface area contributed by atoms with E-state index in [4.69, 9.17) is 9.47 Å². The van der Waals surface area contributed by atoms with Crippen LogP contribution < -0.4 is 10.6 Å². The van der Waals surface area contributed by atoms with Gasteiger partial charge in [-0.2, -0.15) is 0 Å². The van der Waals surface area contributed by atoms with Gasteiger partial charge >= 0.3 is 0 Å². The van der Waals surface area contributed by atoms with Crippen LogP contribution in [-0.2, 0) is 14.3 Å². The summed E-state index contributed by atoms with van der Waals surface area (Å²) < 4.78 is 12.1. The van der Waals surface area contributed by atoms with Gasteiger partial charge in [-0.1, -0.05) is 15.9 Å². The van der Waals surface area contributed by atoms with Crippen LogP contribution in [0.5, 0.6) is 0 Å². The van der Waals surface area contributed by atoms with Crippen LogP contribution in [0, 0.1) is 0 Å². The summed E-state index contributed by atoms with van der Waals surface area (Å²) in [5.41, 5.74) is 0.818. The molecule has 0 aliphatic carbocycles. The molecular weight excluding hydrogens is 372 g/mol. The second kappa shape index (κ2) is 10.8. The average Bonchev–Trinajstić information content (AvgIpc) is 3.06. The predicted octanol–water partition coefficient (Wildman–Crippen LogP) is 3.34. The minimum absolute atomic E-state index is 0.0203. The monoisotopic (exact) mass is 398 g/mol. The van der Waals surface area contributed by atoms with Gasteiger partial charge in [0.15, 0.2) is 0 Å². The summed E-state index contributed by atoms with van der Waals surface area (Å²) in [5, 5.41) is 6.26. The molecule has 1 amide bonds. The van der Waals surface area contributed by atoms with Crippen LogP contribution >= 0.6 is 15.9 Å². The van der Waals surface area contributed by atoms with E-state index >= 15 is 0 Å². The molecule has 0 saturated carbocycles. The molecule has 1 fully saturated rings. The van der Waals surface area contributed by atoms with Crippen LogP contribution in [0.25, 0.3) is 0 Å². The zero-order valence-electron chi connectivity index (χ0n) is 14.2. The Hall–Kier alpha value is -0.950. The van der Waals surface area contributed by atoms with Gasteiger partial charge in [0, 0.05) is 35.8 Å². The number of anilines is 1. The number of hydrogen-bond acceptors (Lipinski definition) is 4. The van der Waals surface area contributed by atoms with E-state index in [9.17, 15) is 4.79 Å². The number of halogens is 1. The Bertz CT molecular complexity index is 490. The highest BCUT2D eigenvalue weighted by molar-refractivity contribution is 9.10. The molecule has 2 rings (SSSR count). The van der Waals surface area contributed by atoms with Gasteiger partial charge in [0.25, 0.3) is 0 Å². The fourth-order valence-corrected chi connectivity index (χ4v) is 2.87. The van der Waals surface area contributed by atoms with Crippen molar-refractivity contribution in [2.45, 2.75) is 44.8 Å². The Kier molecular flexibility index (Phi) is 8.74. The van der Waals surface area contributed by atoms with Crippen molar-refractivity contribution in [2.24, 2.45) is 0 Å². The summed E-state index contributed by atoms with van der Waals surface area (Å²) in [6, 6.07) is 7.72. The molecule has 134 valence electrons. The standard InChI is InChI=1S/C18H27BrN2O3/c1-14(12-18(22)21-16-7-5-15(19)6-8-16)20-9-3-10-23-13-17-4-2-11-24-17/h5-8,14,17,20H,2-4,9-13H2,1H3,(H,21,22). The first-order valence-electron chi connectivity index (χ1n) is 8.61. The maximum atomic E-state index is 12.0. The SMILES string of the molecule is CC(CC(=O)Nc1ccc(Br)cc1)NCCCOCC1CCCO1. The molecule has 0 radical (unpaired) electrons.